The first-order chi connectivity index (χ1) is 9.92. The maximum Gasteiger partial charge on any atom is 0.340 e. The molecule has 0 amide bonds. The van der Waals surface area contributed by atoms with Crippen molar-refractivity contribution >= 4 is 11.7 Å². The Morgan fingerprint density at radius 3 is 2.48 bits per heavy atom. The Morgan fingerprint density at radius 1 is 1.14 bits per heavy atom. The van der Waals surface area contributed by atoms with Crippen LogP contribution in [0.1, 0.15) is 21.5 Å². The highest BCUT2D eigenvalue weighted by Crippen LogP contribution is 2.30. The third-order valence-corrected chi connectivity index (χ3v) is 3.22. The number of hydrogen-bond donors (Lipinski definition) is 1. The number of hydrogen-bond acceptors (Lipinski definition) is 4. The second kappa shape index (κ2) is 5.83. The van der Waals surface area contributed by atoms with Crippen molar-refractivity contribution in [3.05, 3.63) is 52.8 Å². The summed E-state index contributed by atoms with van der Waals surface area (Å²) in [6, 6.07) is 7.69. The Balaban J connectivity index is 2.39. The summed E-state index contributed by atoms with van der Waals surface area (Å²) in [5.74, 6) is -0.874. The fourth-order valence-electron chi connectivity index (χ4n) is 1.84. The lowest BCUT2D eigenvalue weighted by atomic mass is 10.1. The Labute approximate surface area is 122 Å². The van der Waals surface area contributed by atoms with E-state index in [1.54, 1.807) is 12.1 Å². The normalized spacial score (nSPS) is 10.3. The third-order valence-electron chi connectivity index (χ3n) is 3.22. The smallest absolute Gasteiger partial charge is 0.340 e. The predicted molar refractivity (Wildman–Crippen MR) is 78.1 cm³/mol. The van der Waals surface area contributed by atoms with E-state index in [0.717, 1.165) is 17.2 Å². The van der Waals surface area contributed by atoms with Gasteiger partial charge in [0.05, 0.1) is 12.7 Å². The summed E-state index contributed by atoms with van der Waals surface area (Å²) in [6.07, 6.45) is 0. The van der Waals surface area contributed by atoms with Gasteiger partial charge in [-0.05, 0) is 37.1 Å². The minimum absolute atomic E-state index is 0.00628. The molecule has 110 valence electrons. The third kappa shape index (κ3) is 3.13. The molecule has 0 saturated heterocycles. The van der Waals surface area contributed by atoms with Gasteiger partial charge in [-0.1, -0.05) is 6.07 Å². The molecule has 2 rings (SSSR count). The number of rotatable bonds is 3. The van der Waals surface area contributed by atoms with Gasteiger partial charge in [-0.15, -0.1) is 0 Å². The van der Waals surface area contributed by atoms with E-state index in [1.807, 2.05) is 19.9 Å². The van der Waals surface area contributed by atoms with Gasteiger partial charge in [0.25, 0.3) is 0 Å². The largest absolute Gasteiger partial charge is 0.465 e. The molecule has 0 bridgehead atoms. The average molecular weight is 289 g/mol. The Kier molecular flexibility index (Phi) is 4.12. The molecular weight excluding hydrogens is 273 g/mol. The maximum atomic E-state index is 13.9. The van der Waals surface area contributed by atoms with E-state index in [1.165, 1.54) is 13.2 Å². The number of halogens is 1. The van der Waals surface area contributed by atoms with E-state index in [2.05, 4.69) is 4.74 Å². The molecule has 0 fully saturated rings. The molecule has 0 unspecified atom stereocenters. The fourth-order valence-corrected chi connectivity index (χ4v) is 1.84. The molecule has 0 aliphatic heterocycles. The van der Waals surface area contributed by atoms with Gasteiger partial charge in [0.1, 0.15) is 5.75 Å². The van der Waals surface area contributed by atoms with Crippen LogP contribution in [0.25, 0.3) is 0 Å². The number of aryl methyl sites for hydroxylation is 2. The topological polar surface area (TPSA) is 61.5 Å². The first-order valence-corrected chi connectivity index (χ1v) is 6.35. The van der Waals surface area contributed by atoms with Crippen molar-refractivity contribution in [2.45, 2.75) is 13.8 Å². The molecule has 0 spiro atoms. The Hall–Kier alpha value is -2.56. The van der Waals surface area contributed by atoms with Gasteiger partial charge in [0.15, 0.2) is 11.6 Å². The number of nitrogen functional groups attached to an aromatic ring is 1. The number of nitrogens with two attached hydrogens (primary N) is 1. The summed E-state index contributed by atoms with van der Waals surface area (Å²) in [5.41, 5.74) is 7.81. The van der Waals surface area contributed by atoms with Crippen LogP contribution in [-0.4, -0.2) is 13.1 Å². The molecule has 0 radical (unpaired) electrons. The zero-order valence-electron chi connectivity index (χ0n) is 12.1. The lowest BCUT2D eigenvalue weighted by Gasteiger charge is -2.11. The van der Waals surface area contributed by atoms with Gasteiger partial charge in [0, 0.05) is 17.8 Å². The molecule has 0 aliphatic carbocycles. The highest BCUT2D eigenvalue weighted by Gasteiger charge is 2.16. The highest BCUT2D eigenvalue weighted by atomic mass is 19.1. The van der Waals surface area contributed by atoms with E-state index >= 15 is 0 Å². The van der Waals surface area contributed by atoms with Crippen molar-refractivity contribution in [3.8, 4) is 11.5 Å². The molecule has 2 aromatic rings. The molecule has 0 saturated carbocycles. The summed E-state index contributed by atoms with van der Waals surface area (Å²) in [4.78, 5) is 11.6. The summed E-state index contributed by atoms with van der Waals surface area (Å²) in [6.45, 7) is 3.90. The highest BCUT2D eigenvalue weighted by molar-refractivity contribution is 5.95. The van der Waals surface area contributed by atoms with Crippen molar-refractivity contribution < 1.29 is 18.7 Å². The van der Waals surface area contributed by atoms with E-state index in [0.29, 0.717) is 5.75 Å². The maximum absolute atomic E-state index is 13.9. The molecule has 0 atom stereocenters. The van der Waals surface area contributed by atoms with E-state index in [-0.39, 0.29) is 17.0 Å². The Bertz CT molecular complexity index is 698. The van der Waals surface area contributed by atoms with Gasteiger partial charge in [0.2, 0.25) is 0 Å². The van der Waals surface area contributed by atoms with Crippen molar-refractivity contribution in [3.63, 3.8) is 0 Å². The molecule has 5 heteroatoms. The fraction of sp³-hybridized carbons (Fsp3) is 0.188. The van der Waals surface area contributed by atoms with Gasteiger partial charge in [-0.3, -0.25) is 0 Å². The van der Waals surface area contributed by atoms with Crippen LogP contribution in [0.5, 0.6) is 11.5 Å². The predicted octanol–water partition coefficient (Wildman–Crippen LogP) is 3.60. The molecule has 2 N–H and O–H groups in total. The molecular formula is C16H16FNO3. The monoisotopic (exact) mass is 289 g/mol. The van der Waals surface area contributed by atoms with Crippen molar-refractivity contribution in [2.24, 2.45) is 0 Å². The van der Waals surface area contributed by atoms with Gasteiger partial charge < -0.3 is 15.2 Å². The summed E-state index contributed by atoms with van der Waals surface area (Å²) >= 11 is 0. The van der Waals surface area contributed by atoms with Crippen LogP contribution < -0.4 is 10.5 Å². The molecule has 4 nitrogen and oxygen atoms in total. The molecule has 2 aromatic carbocycles. The number of carbonyl (C=O) groups excluding carboxylic acids is 1. The SMILES string of the molecule is COC(=O)c1cc(Oc2ccc(C)c(C)c2)c(F)cc1N. The molecule has 0 heterocycles. The van der Waals surface area contributed by atoms with Crippen LogP contribution in [0.4, 0.5) is 10.1 Å². The van der Waals surface area contributed by atoms with Crippen molar-refractivity contribution in [1.82, 2.24) is 0 Å². The van der Waals surface area contributed by atoms with Crippen molar-refractivity contribution in [2.75, 3.05) is 12.8 Å². The van der Waals surface area contributed by atoms with E-state index in [4.69, 9.17) is 10.5 Å². The standard InChI is InChI=1S/C16H16FNO3/c1-9-4-5-11(6-10(9)2)21-15-7-12(16(19)20-3)14(18)8-13(15)17/h4-8H,18H2,1-3H3. The number of benzene rings is 2. The quantitative estimate of drug-likeness (QED) is 0.692. The van der Waals surface area contributed by atoms with Crippen LogP contribution in [-0.2, 0) is 4.74 Å². The lowest BCUT2D eigenvalue weighted by molar-refractivity contribution is 0.0601. The molecule has 0 aliphatic rings. The number of methoxy groups -OCH3 is 1. The van der Waals surface area contributed by atoms with Gasteiger partial charge in [-0.25, -0.2) is 9.18 Å². The summed E-state index contributed by atoms with van der Waals surface area (Å²) < 4.78 is 24.0. The second-order valence-corrected chi connectivity index (χ2v) is 4.71. The zero-order valence-corrected chi connectivity index (χ0v) is 12.1. The number of ether oxygens (including phenoxy) is 2. The van der Waals surface area contributed by atoms with Crippen molar-refractivity contribution in [1.29, 1.82) is 0 Å². The van der Waals surface area contributed by atoms with Gasteiger partial charge in [-0.2, -0.15) is 0 Å². The van der Waals surface area contributed by atoms with Crippen LogP contribution >= 0.6 is 0 Å². The molecule has 0 aromatic heterocycles. The van der Waals surface area contributed by atoms with Crippen LogP contribution in [0.15, 0.2) is 30.3 Å². The van der Waals surface area contributed by atoms with Crippen LogP contribution in [0.3, 0.4) is 0 Å². The second-order valence-electron chi connectivity index (χ2n) is 4.71. The Morgan fingerprint density at radius 2 is 1.86 bits per heavy atom. The first-order valence-electron chi connectivity index (χ1n) is 6.35. The van der Waals surface area contributed by atoms with E-state index < -0.39 is 11.8 Å². The zero-order chi connectivity index (χ0) is 15.6. The number of carbonyl (C=O) groups is 1. The minimum Gasteiger partial charge on any atom is -0.465 e. The number of anilines is 1. The molecule has 21 heavy (non-hydrogen) atoms. The van der Waals surface area contributed by atoms with Gasteiger partial charge >= 0.3 is 5.97 Å². The summed E-state index contributed by atoms with van der Waals surface area (Å²) in [5, 5.41) is 0. The van der Waals surface area contributed by atoms with E-state index in [9.17, 15) is 9.18 Å². The first kappa shape index (κ1) is 14.8. The lowest BCUT2D eigenvalue weighted by Crippen LogP contribution is -2.06. The summed E-state index contributed by atoms with van der Waals surface area (Å²) in [7, 11) is 1.23. The van der Waals surface area contributed by atoms with Crippen LogP contribution in [0, 0.1) is 19.7 Å². The van der Waals surface area contributed by atoms with Crippen LogP contribution in [0.2, 0.25) is 0 Å². The number of esters is 1. The average Bonchev–Trinajstić information content (AvgIpc) is 2.45. The minimum atomic E-state index is -0.641.